The summed E-state index contributed by atoms with van der Waals surface area (Å²) in [6, 6.07) is 0.370. The van der Waals surface area contributed by atoms with Crippen LogP contribution in [0.1, 0.15) is 42.6 Å². The molecule has 98 valence electrons. The number of hydrogen-bond acceptors (Lipinski definition) is 6. The molecule has 0 saturated carbocycles. The van der Waals surface area contributed by atoms with E-state index in [1.54, 1.807) is 23.0 Å². The molecule has 1 aliphatic rings. The molecule has 2 aromatic heterocycles. The van der Waals surface area contributed by atoms with Crippen LogP contribution >= 0.6 is 11.3 Å². The number of nitrogens with zero attached hydrogens (tertiary/aromatic N) is 4. The van der Waals surface area contributed by atoms with Crippen LogP contribution in [-0.2, 0) is 11.3 Å². The van der Waals surface area contributed by atoms with Gasteiger partial charge in [0, 0.05) is 7.11 Å². The molecule has 0 aliphatic carbocycles. The SMILES string of the molecule is COCc1nnc2sc(C3CCCCCN3)nn12. The number of nitrogens with one attached hydrogen (secondary N) is 1. The fraction of sp³-hybridized carbons (Fsp3) is 0.727. The van der Waals surface area contributed by atoms with Crippen LogP contribution in [0.25, 0.3) is 4.96 Å². The minimum atomic E-state index is 0.370. The van der Waals surface area contributed by atoms with E-state index in [9.17, 15) is 0 Å². The molecule has 0 aromatic carbocycles. The highest BCUT2D eigenvalue weighted by Crippen LogP contribution is 2.26. The number of rotatable bonds is 3. The predicted octanol–water partition coefficient (Wildman–Crippen LogP) is 1.54. The van der Waals surface area contributed by atoms with E-state index < -0.39 is 0 Å². The molecule has 2 aromatic rings. The standard InChI is InChI=1S/C11H17N5OS/c1-17-7-9-13-14-11-16(9)15-10(18-11)8-5-3-2-4-6-12-8/h8,12H,2-7H2,1H3. The van der Waals surface area contributed by atoms with Crippen molar-refractivity contribution < 1.29 is 4.74 Å². The molecule has 7 heteroatoms. The van der Waals surface area contributed by atoms with Crippen LogP contribution in [0.4, 0.5) is 0 Å². The summed E-state index contributed by atoms with van der Waals surface area (Å²) in [6.45, 7) is 1.53. The molecule has 3 heterocycles. The fourth-order valence-electron chi connectivity index (χ4n) is 2.27. The minimum Gasteiger partial charge on any atom is -0.377 e. The van der Waals surface area contributed by atoms with Gasteiger partial charge in [-0.1, -0.05) is 24.2 Å². The van der Waals surface area contributed by atoms with Gasteiger partial charge in [0.2, 0.25) is 4.96 Å². The van der Waals surface area contributed by atoms with Gasteiger partial charge in [0.25, 0.3) is 0 Å². The van der Waals surface area contributed by atoms with Gasteiger partial charge in [-0.15, -0.1) is 10.2 Å². The first kappa shape index (κ1) is 12.0. The first-order valence-corrected chi connectivity index (χ1v) is 7.13. The zero-order valence-electron chi connectivity index (χ0n) is 10.4. The number of aromatic nitrogens is 4. The van der Waals surface area contributed by atoms with E-state index in [4.69, 9.17) is 4.74 Å². The molecule has 1 atom stereocenters. The van der Waals surface area contributed by atoms with E-state index in [2.05, 4.69) is 20.6 Å². The third-order valence-corrected chi connectivity index (χ3v) is 4.22. The molecule has 1 N–H and O–H groups in total. The van der Waals surface area contributed by atoms with Crippen molar-refractivity contribution in [1.82, 2.24) is 25.1 Å². The van der Waals surface area contributed by atoms with E-state index in [1.807, 2.05) is 0 Å². The van der Waals surface area contributed by atoms with Gasteiger partial charge in [0.1, 0.15) is 11.6 Å². The molecule has 1 fully saturated rings. The molecule has 1 saturated heterocycles. The van der Waals surface area contributed by atoms with Crippen LogP contribution in [0, 0.1) is 0 Å². The molecule has 3 rings (SSSR count). The Kier molecular flexibility index (Phi) is 3.53. The van der Waals surface area contributed by atoms with Gasteiger partial charge in [0.15, 0.2) is 5.82 Å². The van der Waals surface area contributed by atoms with Gasteiger partial charge in [-0.05, 0) is 19.4 Å². The highest BCUT2D eigenvalue weighted by molar-refractivity contribution is 7.16. The van der Waals surface area contributed by atoms with E-state index in [0.29, 0.717) is 12.6 Å². The van der Waals surface area contributed by atoms with Crippen LogP contribution in [0.3, 0.4) is 0 Å². The van der Waals surface area contributed by atoms with Crippen molar-refractivity contribution in [2.24, 2.45) is 0 Å². The first-order valence-electron chi connectivity index (χ1n) is 6.32. The van der Waals surface area contributed by atoms with Gasteiger partial charge in [-0.2, -0.15) is 9.61 Å². The van der Waals surface area contributed by atoms with Crippen molar-refractivity contribution in [3.63, 3.8) is 0 Å². The Bertz CT molecular complexity index is 514. The monoisotopic (exact) mass is 267 g/mol. The predicted molar refractivity (Wildman–Crippen MR) is 68.6 cm³/mol. The average Bonchev–Trinajstić information content (AvgIpc) is 2.82. The third-order valence-electron chi connectivity index (χ3n) is 3.20. The highest BCUT2D eigenvalue weighted by atomic mass is 32.1. The molecule has 18 heavy (non-hydrogen) atoms. The van der Waals surface area contributed by atoms with Crippen LogP contribution in [0.15, 0.2) is 0 Å². The van der Waals surface area contributed by atoms with E-state index in [0.717, 1.165) is 28.8 Å². The van der Waals surface area contributed by atoms with Crippen molar-refractivity contribution in [2.75, 3.05) is 13.7 Å². The fourth-order valence-corrected chi connectivity index (χ4v) is 3.24. The molecule has 0 radical (unpaired) electrons. The summed E-state index contributed by atoms with van der Waals surface area (Å²) in [5.74, 6) is 0.767. The molecular formula is C11H17N5OS. The average molecular weight is 267 g/mol. The molecular weight excluding hydrogens is 250 g/mol. The Labute approximate surface area is 109 Å². The molecule has 6 nitrogen and oxygen atoms in total. The van der Waals surface area contributed by atoms with Gasteiger partial charge >= 0.3 is 0 Å². The zero-order chi connectivity index (χ0) is 12.4. The normalized spacial score (nSPS) is 21.3. The van der Waals surface area contributed by atoms with Crippen LogP contribution < -0.4 is 5.32 Å². The molecule has 0 bridgehead atoms. The maximum absolute atomic E-state index is 5.09. The number of fused-ring (bicyclic) bond motifs is 1. The Hall–Kier alpha value is -1.05. The summed E-state index contributed by atoms with van der Waals surface area (Å²) in [4.78, 5) is 0.850. The molecule has 0 amide bonds. The Balaban J connectivity index is 1.87. The summed E-state index contributed by atoms with van der Waals surface area (Å²) >= 11 is 1.62. The second kappa shape index (κ2) is 5.29. The maximum Gasteiger partial charge on any atom is 0.234 e. The lowest BCUT2D eigenvalue weighted by Gasteiger charge is -2.11. The van der Waals surface area contributed by atoms with Crippen LogP contribution in [-0.4, -0.2) is 33.5 Å². The summed E-state index contributed by atoms with van der Waals surface area (Å²) < 4.78 is 6.90. The van der Waals surface area contributed by atoms with Crippen LogP contribution in [0.2, 0.25) is 0 Å². The van der Waals surface area contributed by atoms with E-state index in [-0.39, 0.29) is 0 Å². The summed E-state index contributed by atoms with van der Waals surface area (Å²) in [5, 5.41) is 17.5. The number of methoxy groups -OCH3 is 1. The lowest BCUT2D eigenvalue weighted by Crippen LogP contribution is -2.20. The molecule has 0 spiro atoms. The van der Waals surface area contributed by atoms with Crippen molar-refractivity contribution in [1.29, 1.82) is 0 Å². The topological polar surface area (TPSA) is 64.3 Å². The van der Waals surface area contributed by atoms with E-state index >= 15 is 0 Å². The van der Waals surface area contributed by atoms with Crippen LogP contribution in [0.5, 0.6) is 0 Å². The van der Waals surface area contributed by atoms with Crippen molar-refractivity contribution in [3.05, 3.63) is 10.8 Å². The summed E-state index contributed by atoms with van der Waals surface area (Å²) in [7, 11) is 1.65. The van der Waals surface area contributed by atoms with Gasteiger partial charge in [-0.3, -0.25) is 0 Å². The Morgan fingerprint density at radius 2 is 2.33 bits per heavy atom. The smallest absolute Gasteiger partial charge is 0.234 e. The second-order valence-electron chi connectivity index (χ2n) is 4.54. The van der Waals surface area contributed by atoms with Gasteiger partial charge < -0.3 is 10.1 Å². The summed E-state index contributed by atoms with van der Waals surface area (Å²) in [5.41, 5.74) is 0. The van der Waals surface area contributed by atoms with Crippen molar-refractivity contribution in [3.8, 4) is 0 Å². The van der Waals surface area contributed by atoms with Crippen molar-refractivity contribution in [2.45, 2.75) is 38.3 Å². The largest absolute Gasteiger partial charge is 0.377 e. The highest BCUT2D eigenvalue weighted by Gasteiger charge is 2.20. The minimum absolute atomic E-state index is 0.370. The quantitative estimate of drug-likeness (QED) is 0.913. The third kappa shape index (κ3) is 2.25. The lowest BCUT2D eigenvalue weighted by atomic mass is 10.1. The first-order chi connectivity index (χ1) is 8.88. The molecule has 1 aliphatic heterocycles. The number of hydrogen-bond donors (Lipinski definition) is 1. The second-order valence-corrected chi connectivity index (χ2v) is 5.53. The zero-order valence-corrected chi connectivity index (χ0v) is 11.2. The maximum atomic E-state index is 5.09. The molecule has 1 unspecified atom stereocenters. The van der Waals surface area contributed by atoms with Gasteiger partial charge in [0.05, 0.1) is 6.04 Å². The Morgan fingerprint density at radius 3 is 3.22 bits per heavy atom. The lowest BCUT2D eigenvalue weighted by molar-refractivity contribution is 0.176. The summed E-state index contributed by atoms with van der Waals surface area (Å²) in [6.07, 6.45) is 4.99. The Morgan fingerprint density at radius 1 is 1.39 bits per heavy atom. The van der Waals surface area contributed by atoms with E-state index in [1.165, 1.54) is 19.3 Å². The van der Waals surface area contributed by atoms with Crippen molar-refractivity contribution >= 4 is 16.3 Å². The number of ether oxygens (including phenoxy) is 1. The van der Waals surface area contributed by atoms with Gasteiger partial charge in [-0.25, -0.2) is 0 Å².